The van der Waals surface area contributed by atoms with E-state index in [1.165, 1.54) is 18.4 Å². The lowest BCUT2D eigenvalue weighted by atomic mass is 9.98. The van der Waals surface area contributed by atoms with Crippen LogP contribution in [0.15, 0.2) is 24.3 Å². The van der Waals surface area contributed by atoms with Gasteiger partial charge in [0.2, 0.25) is 0 Å². The molecule has 0 radical (unpaired) electrons. The summed E-state index contributed by atoms with van der Waals surface area (Å²) in [4.78, 5) is 2.59. The van der Waals surface area contributed by atoms with Crippen LogP contribution in [0.1, 0.15) is 43.7 Å². The number of hydrogen-bond acceptors (Lipinski definition) is 2. The van der Waals surface area contributed by atoms with E-state index in [-0.39, 0.29) is 5.54 Å². The molecular weight excluding hydrogens is 220 g/mol. The summed E-state index contributed by atoms with van der Waals surface area (Å²) in [7, 11) is 0. The lowest BCUT2D eigenvalue weighted by molar-refractivity contribution is 0.0827. The Labute approximate surface area is 110 Å². The molecular formula is C16H24N2. The third-order valence-electron chi connectivity index (χ3n) is 4.37. The van der Waals surface area contributed by atoms with Gasteiger partial charge >= 0.3 is 0 Å². The van der Waals surface area contributed by atoms with E-state index in [0.717, 1.165) is 32.1 Å². The fourth-order valence-electron chi connectivity index (χ4n) is 2.85. The molecule has 2 nitrogen and oxygen atoms in total. The number of nitrogens with one attached hydrogen (secondary N) is 1. The Morgan fingerprint density at radius 2 is 1.94 bits per heavy atom. The Bertz CT molecular complexity index is 404. The van der Waals surface area contributed by atoms with Crippen molar-refractivity contribution in [3.63, 3.8) is 0 Å². The third-order valence-corrected chi connectivity index (χ3v) is 4.37. The Balaban J connectivity index is 1.67. The molecule has 1 aliphatic carbocycles. The Hall–Kier alpha value is -0.860. The second-order valence-corrected chi connectivity index (χ2v) is 6.43. The number of nitrogens with zero attached hydrogens (tertiary/aromatic N) is 1. The van der Waals surface area contributed by atoms with Crippen LogP contribution >= 0.6 is 0 Å². The highest BCUT2D eigenvalue weighted by Gasteiger charge is 2.29. The van der Waals surface area contributed by atoms with Crippen molar-refractivity contribution >= 4 is 0 Å². The fraction of sp³-hybridized carbons (Fsp3) is 0.625. The molecule has 1 aliphatic heterocycles. The molecule has 2 fully saturated rings. The van der Waals surface area contributed by atoms with Crippen LogP contribution in [-0.4, -0.2) is 30.1 Å². The highest BCUT2D eigenvalue weighted by Crippen LogP contribution is 2.39. The lowest BCUT2D eigenvalue weighted by Crippen LogP contribution is -2.57. The van der Waals surface area contributed by atoms with Crippen LogP contribution in [0.5, 0.6) is 0 Å². The van der Waals surface area contributed by atoms with Gasteiger partial charge in [-0.2, -0.15) is 0 Å². The second kappa shape index (κ2) is 4.67. The molecule has 1 saturated carbocycles. The van der Waals surface area contributed by atoms with Gasteiger partial charge in [-0.05, 0) is 43.7 Å². The number of piperazine rings is 1. The summed E-state index contributed by atoms with van der Waals surface area (Å²) in [6.45, 7) is 9.10. The van der Waals surface area contributed by atoms with Crippen LogP contribution < -0.4 is 5.32 Å². The first-order valence-electron chi connectivity index (χ1n) is 7.20. The summed E-state index contributed by atoms with van der Waals surface area (Å²) in [5, 5.41) is 3.48. The highest BCUT2D eigenvalue weighted by molar-refractivity contribution is 5.28. The molecule has 3 rings (SSSR count). The minimum absolute atomic E-state index is 0.271. The van der Waals surface area contributed by atoms with Crippen LogP contribution in [0.25, 0.3) is 0 Å². The van der Waals surface area contributed by atoms with E-state index < -0.39 is 0 Å². The van der Waals surface area contributed by atoms with Gasteiger partial charge in [-0.25, -0.2) is 0 Å². The van der Waals surface area contributed by atoms with Crippen molar-refractivity contribution in [1.29, 1.82) is 0 Å². The molecule has 0 bridgehead atoms. The maximum atomic E-state index is 3.48. The standard InChI is InChI=1S/C16H24N2/c1-16(2)12-17-9-10-18(16)11-13-3-5-14(6-4-13)15-7-8-15/h3-6,15,17H,7-12H2,1-2H3. The zero-order valence-corrected chi connectivity index (χ0v) is 11.6. The van der Waals surface area contributed by atoms with Gasteiger partial charge in [0.05, 0.1) is 0 Å². The normalized spacial score (nSPS) is 24.1. The number of rotatable bonds is 3. The van der Waals surface area contributed by atoms with Gasteiger partial charge in [0, 0.05) is 31.7 Å². The quantitative estimate of drug-likeness (QED) is 0.879. The van der Waals surface area contributed by atoms with E-state index >= 15 is 0 Å². The first-order valence-corrected chi connectivity index (χ1v) is 7.20. The third kappa shape index (κ3) is 2.60. The maximum Gasteiger partial charge on any atom is 0.0281 e. The van der Waals surface area contributed by atoms with E-state index in [1.807, 2.05) is 0 Å². The summed E-state index contributed by atoms with van der Waals surface area (Å²) in [6.07, 6.45) is 2.79. The fourth-order valence-corrected chi connectivity index (χ4v) is 2.85. The molecule has 1 saturated heterocycles. The van der Waals surface area contributed by atoms with Crippen LogP contribution in [0.3, 0.4) is 0 Å². The smallest absolute Gasteiger partial charge is 0.0281 e. The Kier molecular flexibility index (Phi) is 3.16. The van der Waals surface area contributed by atoms with Crippen molar-refractivity contribution in [3.8, 4) is 0 Å². The zero-order valence-electron chi connectivity index (χ0n) is 11.6. The van der Waals surface area contributed by atoms with Crippen molar-refractivity contribution in [2.45, 2.75) is 44.7 Å². The van der Waals surface area contributed by atoms with Crippen molar-refractivity contribution in [3.05, 3.63) is 35.4 Å². The molecule has 1 aromatic carbocycles. The monoisotopic (exact) mass is 244 g/mol. The number of hydrogen-bond donors (Lipinski definition) is 1. The van der Waals surface area contributed by atoms with Gasteiger partial charge in [-0.1, -0.05) is 24.3 Å². The van der Waals surface area contributed by atoms with Crippen LogP contribution in [0, 0.1) is 0 Å². The molecule has 1 aromatic rings. The minimum atomic E-state index is 0.271. The van der Waals surface area contributed by atoms with Crippen molar-refractivity contribution in [2.24, 2.45) is 0 Å². The molecule has 2 heteroatoms. The van der Waals surface area contributed by atoms with E-state index in [2.05, 4.69) is 48.3 Å². The summed E-state index contributed by atoms with van der Waals surface area (Å²) < 4.78 is 0. The average Bonchev–Trinajstić information content (AvgIpc) is 3.17. The average molecular weight is 244 g/mol. The van der Waals surface area contributed by atoms with E-state index in [4.69, 9.17) is 0 Å². The molecule has 0 aromatic heterocycles. The summed E-state index contributed by atoms with van der Waals surface area (Å²) in [6, 6.07) is 9.32. The van der Waals surface area contributed by atoms with Crippen LogP contribution in [0.4, 0.5) is 0 Å². The first-order chi connectivity index (χ1) is 8.65. The van der Waals surface area contributed by atoms with Crippen LogP contribution in [0.2, 0.25) is 0 Å². The molecule has 0 atom stereocenters. The Morgan fingerprint density at radius 3 is 2.56 bits per heavy atom. The summed E-state index contributed by atoms with van der Waals surface area (Å²) >= 11 is 0. The molecule has 0 unspecified atom stereocenters. The molecule has 2 aliphatic rings. The summed E-state index contributed by atoms with van der Waals surface area (Å²) in [5.74, 6) is 0.870. The van der Waals surface area contributed by atoms with Crippen molar-refractivity contribution in [1.82, 2.24) is 10.2 Å². The molecule has 18 heavy (non-hydrogen) atoms. The molecule has 1 N–H and O–H groups in total. The van der Waals surface area contributed by atoms with Crippen LogP contribution in [-0.2, 0) is 6.54 Å². The highest BCUT2D eigenvalue weighted by atomic mass is 15.2. The van der Waals surface area contributed by atoms with E-state index in [9.17, 15) is 0 Å². The minimum Gasteiger partial charge on any atom is -0.314 e. The lowest BCUT2D eigenvalue weighted by Gasteiger charge is -2.42. The second-order valence-electron chi connectivity index (χ2n) is 6.43. The van der Waals surface area contributed by atoms with E-state index in [0.29, 0.717) is 0 Å². The molecule has 0 amide bonds. The van der Waals surface area contributed by atoms with Crippen molar-refractivity contribution < 1.29 is 0 Å². The predicted octanol–water partition coefficient (Wildman–Crippen LogP) is 2.75. The summed E-state index contributed by atoms with van der Waals surface area (Å²) in [5.41, 5.74) is 3.26. The van der Waals surface area contributed by atoms with Gasteiger partial charge < -0.3 is 5.32 Å². The number of benzene rings is 1. The van der Waals surface area contributed by atoms with Gasteiger partial charge in [0.15, 0.2) is 0 Å². The zero-order chi connectivity index (χ0) is 12.6. The van der Waals surface area contributed by atoms with Crippen molar-refractivity contribution in [2.75, 3.05) is 19.6 Å². The van der Waals surface area contributed by atoms with Gasteiger partial charge in [-0.15, -0.1) is 0 Å². The van der Waals surface area contributed by atoms with Gasteiger partial charge in [0.1, 0.15) is 0 Å². The predicted molar refractivity (Wildman–Crippen MR) is 75.8 cm³/mol. The Morgan fingerprint density at radius 1 is 1.22 bits per heavy atom. The maximum absolute atomic E-state index is 3.48. The molecule has 1 heterocycles. The topological polar surface area (TPSA) is 15.3 Å². The van der Waals surface area contributed by atoms with Gasteiger partial charge in [0.25, 0.3) is 0 Å². The van der Waals surface area contributed by atoms with E-state index in [1.54, 1.807) is 5.56 Å². The molecule has 98 valence electrons. The SMILES string of the molecule is CC1(C)CNCCN1Cc1ccc(C2CC2)cc1. The molecule has 0 spiro atoms. The van der Waals surface area contributed by atoms with Gasteiger partial charge in [-0.3, -0.25) is 4.90 Å². The first kappa shape index (κ1) is 12.2. The largest absolute Gasteiger partial charge is 0.314 e.